The first-order valence-corrected chi connectivity index (χ1v) is 8.47. The summed E-state index contributed by atoms with van der Waals surface area (Å²) in [4.78, 5) is 23.2. The van der Waals surface area contributed by atoms with Gasteiger partial charge in [-0.05, 0) is 37.1 Å². The maximum absolute atomic E-state index is 12.4. The Bertz CT molecular complexity index is 688. The smallest absolute Gasteiger partial charge is 0.270 e. The second-order valence-corrected chi connectivity index (χ2v) is 6.22. The third kappa shape index (κ3) is 5.20. The van der Waals surface area contributed by atoms with Crippen molar-refractivity contribution in [2.45, 2.75) is 33.2 Å². The maximum atomic E-state index is 12.4. The molecule has 0 spiro atoms. The van der Waals surface area contributed by atoms with Crippen LogP contribution >= 0.6 is 11.6 Å². The van der Waals surface area contributed by atoms with Gasteiger partial charge in [0.25, 0.3) is 5.91 Å². The van der Waals surface area contributed by atoms with E-state index in [1.165, 1.54) is 0 Å². The van der Waals surface area contributed by atoms with Gasteiger partial charge in [0.1, 0.15) is 5.69 Å². The molecule has 0 aliphatic carbocycles. The quantitative estimate of drug-likeness (QED) is 0.832. The summed E-state index contributed by atoms with van der Waals surface area (Å²) in [6.45, 7) is 5.31. The predicted octanol–water partition coefficient (Wildman–Crippen LogP) is 3.60. The van der Waals surface area contributed by atoms with Crippen LogP contribution in [0.15, 0.2) is 30.3 Å². The number of anilines is 1. The Morgan fingerprint density at radius 2 is 1.96 bits per heavy atom. The monoisotopic (exact) mass is 346 g/mol. The largest absolute Gasteiger partial charge is 0.347 e. The zero-order valence-electron chi connectivity index (χ0n) is 14.3. The van der Waals surface area contributed by atoms with Crippen LogP contribution in [0.1, 0.15) is 41.5 Å². The molecule has 0 fully saturated rings. The van der Waals surface area contributed by atoms with Gasteiger partial charge in [-0.15, -0.1) is 0 Å². The van der Waals surface area contributed by atoms with E-state index in [4.69, 9.17) is 11.6 Å². The van der Waals surface area contributed by atoms with Crippen molar-refractivity contribution in [1.82, 2.24) is 15.3 Å². The summed E-state index contributed by atoms with van der Waals surface area (Å²) in [5, 5.41) is 3.56. The number of carbonyl (C=O) groups is 1. The average Bonchev–Trinajstić information content (AvgIpc) is 2.58. The second-order valence-electron chi connectivity index (χ2n) is 5.78. The lowest BCUT2D eigenvalue weighted by atomic mass is 10.2. The Labute approximate surface area is 148 Å². The van der Waals surface area contributed by atoms with Crippen molar-refractivity contribution < 1.29 is 4.79 Å². The molecule has 6 heteroatoms. The van der Waals surface area contributed by atoms with Gasteiger partial charge >= 0.3 is 0 Å². The number of unbranched alkanes of at least 4 members (excludes halogenated alkanes) is 1. The molecule has 1 heterocycles. The molecule has 0 unspecified atom stereocenters. The fraction of sp³-hybridized carbons (Fsp3) is 0.389. The van der Waals surface area contributed by atoms with E-state index in [9.17, 15) is 4.79 Å². The SMILES string of the molecule is CCCCN(C)c1nc(C)cc(C(=O)NCc2ccc(Cl)cc2)n1. The van der Waals surface area contributed by atoms with Crippen LogP contribution in [0.2, 0.25) is 5.02 Å². The van der Waals surface area contributed by atoms with E-state index in [0.29, 0.717) is 23.2 Å². The molecule has 1 amide bonds. The molecule has 0 saturated carbocycles. The molecule has 5 nitrogen and oxygen atoms in total. The molecule has 2 rings (SSSR count). The van der Waals surface area contributed by atoms with E-state index in [0.717, 1.165) is 30.6 Å². The normalized spacial score (nSPS) is 10.5. The highest BCUT2D eigenvalue weighted by molar-refractivity contribution is 6.30. The first kappa shape index (κ1) is 18.2. The van der Waals surface area contributed by atoms with Crippen LogP contribution in [0.4, 0.5) is 5.95 Å². The molecule has 1 aromatic carbocycles. The van der Waals surface area contributed by atoms with Gasteiger partial charge in [0.05, 0.1) is 0 Å². The van der Waals surface area contributed by atoms with Crippen molar-refractivity contribution in [3.05, 3.63) is 52.3 Å². The minimum absolute atomic E-state index is 0.208. The van der Waals surface area contributed by atoms with Crippen LogP contribution in [0.5, 0.6) is 0 Å². The number of hydrogen-bond acceptors (Lipinski definition) is 4. The maximum Gasteiger partial charge on any atom is 0.270 e. The Morgan fingerprint density at radius 3 is 2.62 bits per heavy atom. The van der Waals surface area contributed by atoms with Gasteiger partial charge in [-0.25, -0.2) is 9.97 Å². The van der Waals surface area contributed by atoms with E-state index >= 15 is 0 Å². The predicted molar refractivity (Wildman–Crippen MR) is 97.6 cm³/mol. The number of carbonyl (C=O) groups excluding carboxylic acids is 1. The molecule has 0 atom stereocenters. The molecule has 24 heavy (non-hydrogen) atoms. The van der Waals surface area contributed by atoms with Gasteiger partial charge < -0.3 is 10.2 Å². The zero-order valence-corrected chi connectivity index (χ0v) is 15.1. The molecule has 0 saturated heterocycles. The van der Waals surface area contributed by atoms with Crippen LogP contribution in [-0.4, -0.2) is 29.5 Å². The van der Waals surface area contributed by atoms with E-state index in [2.05, 4.69) is 22.2 Å². The molecular weight excluding hydrogens is 324 g/mol. The topological polar surface area (TPSA) is 58.1 Å². The van der Waals surface area contributed by atoms with Crippen LogP contribution in [0.25, 0.3) is 0 Å². The Kier molecular flexibility index (Phi) is 6.55. The summed E-state index contributed by atoms with van der Waals surface area (Å²) >= 11 is 5.86. The van der Waals surface area contributed by atoms with Gasteiger partial charge in [-0.3, -0.25) is 4.79 Å². The zero-order chi connectivity index (χ0) is 17.5. The third-order valence-electron chi connectivity index (χ3n) is 3.63. The van der Waals surface area contributed by atoms with Gasteiger partial charge in [-0.2, -0.15) is 0 Å². The summed E-state index contributed by atoms with van der Waals surface area (Å²) in [5.74, 6) is 0.376. The molecule has 0 aliphatic rings. The van der Waals surface area contributed by atoms with Gasteiger partial charge in [0, 0.05) is 30.9 Å². The van der Waals surface area contributed by atoms with Crippen LogP contribution in [0, 0.1) is 6.92 Å². The summed E-state index contributed by atoms with van der Waals surface area (Å²) < 4.78 is 0. The fourth-order valence-electron chi connectivity index (χ4n) is 2.21. The minimum Gasteiger partial charge on any atom is -0.347 e. The molecule has 0 radical (unpaired) electrons. The van der Waals surface area contributed by atoms with E-state index in [1.54, 1.807) is 18.2 Å². The molecule has 1 aromatic heterocycles. The highest BCUT2D eigenvalue weighted by atomic mass is 35.5. The number of aryl methyl sites for hydroxylation is 1. The van der Waals surface area contributed by atoms with Crippen molar-refractivity contribution in [3.63, 3.8) is 0 Å². The van der Waals surface area contributed by atoms with Crippen molar-refractivity contribution in [2.75, 3.05) is 18.5 Å². The molecule has 2 aromatic rings. The number of benzene rings is 1. The second kappa shape index (κ2) is 8.64. The summed E-state index contributed by atoms with van der Waals surface area (Å²) in [7, 11) is 1.94. The molecule has 128 valence electrons. The van der Waals surface area contributed by atoms with Crippen LogP contribution in [-0.2, 0) is 6.54 Å². The minimum atomic E-state index is -0.208. The number of hydrogen-bond donors (Lipinski definition) is 1. The number of nitrogens with zero attached hydrogens (tertiary/aromatic N) is 3. The van der Waals surface area contributed by atoms with Crippen LogP contribution in [0.3, 0.4) is 0 Å². The lowest BCUT2D eigenvalue weighted by molar-refractivity contribution is 0.0945. The number of amides is 1. The average molecular weight is 347 g/mol. The summed E-state index contributed by atoms with van der Waals surface area (Å²) in [6, 6.07) is 9.08. The van der Waals surface area contributed by atoms with Crippen molar-refractivity contribution in [1.29, 1.82) is 0 Å². The Balaban J connectivity index is 2.05. The van der Waals surface area contributed by atoms with Crippen LogP contribution < -0.4 is 10.2 Å². The third-order valence-corrected chi connectivity index (χ3v) is 3.88. The number of aromatic nitrogens is 2. The fourth-order valence-corrected chi connectivity index (χ4v) is 2.34. The standard InChI is InChI=1S/C18H23ClN4O/c1-4-5-10-23(3)18-21-13(2)11-16(22-18)17(24)20-12-14-6-8-15(19)9-7-14/h6-9,11H,4-5,10,12H2,1-3H3,(H,20,24). The van der Waals surface area contributed by atoms with Crippen molar-refractivity contribution in [2.24, 2.45) is 0 Å². The number of nitrogens with one attached hydrogen (secondary N) is 1. The Morgan fingerprint density at radius 1 is 1.25 bits per heavy atom. The summed E-state index contributed by atoms with van der Waals surface area (Å²) in [6.07, 6.45) is 2.16. The van der Waals surface area contributed by atoms with Gasteiger partial charge in [0.2, 0.25) is 5.95 Å². The van der Waals surface area contributed by atoms with Crippen molar-refractivity contribution in [3.8, 4) is 0 Å². The number of halogens is 1. The molecule has 0 bridgehead atoms. The van der Waals surface area contributed by atoms with E-state index in [1.807, 2.05) is 31.0 Å². The van der Waals surface area contributed by atoms with E-state index < -0.39 is 0 Å². The first-order chi connectivity index (χ1) is 11.5. The van der Waals surface area contributed by atoms with Crippen molar-refractivity contribution >= 4 is 23.5 Å². The van der Waals surface area contributed by atoms with Gasteiger partial charge in [0.15, 0.2) is 0 Å². The highest BCUT2D eigenvalue weighted by Crippen LogP contribution is 2.11. The molecule has 0 aliphatic heterocycles. The van der Waals surface area contributed by atoms with E-state index in [-0.39, 0.29) is 5.91 Å². The van der Waals surface area contributed by atoms with Gasteiger partial charge in [-0.1, -0.05) is 37.1 Å². The highest BCUT2D eigenvalue weighted by Gasteiger charge is 2.12. The first-order valence-electron chi connectivity index (χ1n) is 8.09. The summed E-state index contributed by atoms with van der Waals surface area (Å²) in [5.41, 5.74) is 2.15. The molecular formula is C18H23ClN4O. The lowest BCUT2D eigenvalue weighted by Crippen LogP contribution is -2.26. The Hall–Kier alpha value is -2.14. The number of rotatable bonds is 7. The molecule has 1 N–H and O–H groups in total. The lowest BCUT2D eigenvalue weighted by Gasteiger charge is -2.17.